The number of aromatic nitrogens is 3. The Morgan fingerprint density at radius 2 is 1.55 bits per heavy atom. The molecule has 2 aliphatic rings. The van der Waals surface area contributed by atoms with Gasteiger partial charge in [0.2, 0.25) is 0 Å². The molecule has 7 heteroatoms. The van der Waals surface area contributed by atoms with Gasteiger partial charge in [-0.25, -0.2) is 4.62 Å². The minimum absolute atomic E-state index is 0.886. The van der Waals surface area contributed by atoms with Crippen molar-refractivity contribution >= 4 is 18.8 Å². The van der Waals surface area contributed by atoms with Crippen LogP contribution in [0, 0.1) is 0 Å². The number of nitrogens with zero attached hydrogens (tertiary/aromatic N) is 5. The monoisotopic (exact) mass is 320 g/mol. The van der Waals surface area contributed by atoms with Crippen LogP contribution in [0.4, 0.5) is 0 Å². The largest absolute Gasteiger partial charge is 0.367 e. The van der Waals surface area contributed by atoms with Crippen LogP contribution in [0.25, 0.3) is 11.0 Å². The summed E-state index contributed by atoms with van der Waals surface area (Å²) in [5, 5.41) is 8.47. The van der Waals surface area contributed by atoms with E-state index >= 15 is 0 Å². The number of fused-ring (bicyclic) bond motifs is 1. The maximum atomic E-state index is 6.53. The summed E-state index contributed by atoms with van der Waals surface area (Å²) in [6.45, 7) is 6.82. The van der Waals surface area contributed by atoms with Gasteiger partial charge in [-0.3, -0.25) is 0 Å². The molecule has 0 amide bonds. The zero-order valence-corrected chi connectivity index (χ0v) is 14.0. The van der Waals surface area contributed by atoms with Crippen molar-refractivity contribution in [3.8, 4) is 0 Å². The molecule has 2 aliphatic heterocycles. The van der Waals surface area contributed by atoms with Gasteiger partial charge in [0, 0.05) is 26.2 Å². The van der Waals surface area contributed by atoms with E-state index in [-0.39, 0.29) is 0 Å². The van der Waals surface area contributed by atoms with Gasteiger partial charge in [-0.2, -0.15) is 0 Å². The first kappa shape index (κ1) is 14.4. The fourth-order valence-corrected chi connectivity index (χ4v) is 6.51. The van der Waals surface area contributed by atoms with Crippen LogP contribution in [0.2, 0.25) is 0 Å². The predicted octanol–water partition coefficient (Wildman–Crippen LogP) is 2.44. The van der Waals surface area contributed by atoms with E-state index in [4.69, 9.17) is 4.62 Å². The molecule has 6 nitrogen and oxygen atoms in total. The van der Waals surface area contributed by atoms with Crippen molar-refractivity contribution in [1.29, 1.82) is 0 Å². The van der Waals surface area contributed by atoms with Crippen molar-refractivity contribution in [3.05, 3.63) is 24.3 Å². The Hall–Kier alpha value is -1.23. The maximum Gasteiger partial charge on any atom is 0.367 e. The highest BCUT2D eigenvalue weighted by Gasteiger charge is 2.53. The van der Waals surface area contributed by atoms with Crippen LogP contribution in [0.1, 0.15) is 25.7 Å². The topological polar surface area (TPSA) is 46.4 Å². The summed E-state index contributed by atoms with van der Waals surface area (Å²) in [5.41, 5.74) is 1.84. The molecule has 22 heavy (non-hydrogen) atoms. The number of benzene rings is 1. The summed E-state index contributed by atoms with van der Waals surface area (Å²) in [7, 11) is -1.83. The van der Waals surface area contributed by atoms with Crippen molar-refractivity contribution in [2.75, 3.05) is 32.8 Å². The number of rotatable bonds is 4. The summed E-state index contributed by atoms with van der Waals surface area (Å²) < 4.78 is 11.6. The van der Waals surface area contributed by atoms with Crippen molar-refractivity contribution in [3.63, 3.8) is 0 Å². The van der Waals surface area contributed by atoms with E-state index in [1.165, 1.54) is 25.7 Å². The minimum atomic E-state index is -1.83. The standard InChI is InChI=1S/C15H23N5OP/c1-22(18-10-4-5-11-18,19-12-6-7-13-19)21-20-15-9-3-2-8-14(15)16-17-20/h2-3,8-9H,4-7,10-13H2,1H3/q+1. The van der Waals surface area contributed by atoms with E-state index in [1.807, 2.05) is 24.3 Å². The second-order valence-corrected chi connectivity index (χ2v) is 9.15. The normalized spacial score (nSPS) is 21.0. The molecule has 118 valence electrons. The fraction of sp³-hybridized carbons (Fsp3) is 0.600. The van der Waals surface area contributed by atoms with E-state index in [9.17, 15) is 0 Å². The lowest BCUT2D eigenvalue weighted by atomic mass is 10.3. The Morgan fingerprint density at radius 1 is 0.955 bits per heavy atom. The number of hydrogen-bond donors (Lipinski definition) is 0. The zero-order valence-electron chi connectivity index (χ0n) is 13.1. The molecule has 1 aromatic carbocycles. The number of hydrogen-bond acceptors (Lipinski definition) is 5. The smallest absolute Gasteiger partial charge is 0.205 e. The van der Waals surface area contributed by atoms with Gasteiger partial charge >= 0.3 is 7.79 Å². The molecule has 0 saturated carbocycles. The Morgan fingerprint density at radius 3 is 2.18 bits per heavy atom. The molecule has 4 rings (SSSR count). The summed E-state index contributed by atoms with van der Waals surface area (Å²) in [4.78, 5) is 1.65. The van der Waals surface area contributed by atoms with Crippen molar-refractivity contribution in [2.45, 2.75) is 25.7 Å². The Kier molecular flexibility index (Phi) is 3.76. The van der Waals surface area contributed by atoms with Gasteiger partial charge in [-0.15, -0.1) is 14.4 Å². The van der Waals surface area contributed by atoms with Crippen LogP contribution < -0.4 is 4.62 Å². The summed E-state index contributed by atoms with van der Waals surface area (Å²) in [6, 6.07) is 7.99. The first-order valence-corrected chi connectivity index (χ1v) is 10.2. The second-order valence-electron chi connectivity index (χ2n) is 6.19. The van der Waals surface area contributed by atoms with E-state index in [1.54, 1.807) is 4.85 Å². The summed E-state index contributed by atoms with van der Waals surface area (Å²) >= 11 is 0. The molecular weight excluding hydrogens is 297 g/mol. The molecule has 2 aromatic rings. The third-order valence-electron chi connectivity index (χ3n) is 4.77. The van der Waals surface area contributed by atoms with Gasteiger partial charge in [-0.05, 0) is 47.9 Å². The molecule has 0 unspecified atom stereocenters. The molecule has 1 aromatic heterocycles. The molecule has 0 N–H and O–H groups in total. The molecule has 3 heterocycles. The third kappa shape index (κ3) is 2.39. The minimum Gasteiger partial charge on any atom is -0.205 e. The van der Waals surface area contributed by atoms with Gasteiger partial charge < -0.3 is 0 Å². The van der Waals surface area contributed by atoms with E-state index in [2.05, 4.69) is 26.3 Å². The highest BCUT2D eigenvalue weighted by atomic mass is 31.2. The lowest BCUT2D eigenvalue weighted by Gasteiger charge is -2.33. The highest BCUT2D eigenvalue weighted by Crippen LogP contribution is 2.62. The van der Waals surface area contributed by atoms with E-state index in [0.717, 1.165) is 37.2 Å². The Bertz CT molecular complexity index is 632. The lowest BCUT2D eigenvalue weighted by molar-refractivity contribution is 0.206. The molecule has 0 radical (unpaired) electrons. The molecule has 0 aliphatic carbocycles. The van der Waals surface area contributed by atoms with Crippen LogP contribution in [0.5, 0.6) is 0 Å². The quantitative estimate of drug-likeness (QED) is 0.810. The van der Waals surface area contributed by atoms with Gasteiger partial charge in [0.15, 0.2) is 0 Å². The summed E-state index contributed by atoms with van der Waals surface area (Å²) in [6.07, 6.45) is 5.07. The number of para-hydroxylation sites is 1. The van der Waals surface area contributed by atoms with E-state index in [0.29, 0.717) is 0 Å². The zero-order chi connectivity index (χ0) is 15.0. The average molecular weight is 320 g/mol. The van der Waals surface area contributed by atoms with E-state index < -0.39 is 7.79 Å². The average Bonchev–Trinajstić information content (AvgIpc) is 3.29. The van der Waals surface area contributed by atoms with Crippen molar-refractivity contribution < 1.29 is 4.62 Å². The molecule has 0 atom stereocenters. The highest BCUT2D eigenvalue weighted by molar-refractivity contribution is 7.66. The summed E-state index contributed by atoms with van der Waals surface area (Å²) in [5.74, 6) is 0. The van der Waals surface area contributed by atoms with Crippen molar-refractivity contribution in [1.82, 2.24) is 24.5 Å². The second kappa shape index (κ2) is 5.76. The molecule has 2 fully saturated rings. The molecule has 0 spiro atoms. The third-order valence-corrected chi connectivity index (χ3v) is 8.13. The molecular formula is C15H23N5OP+. The van der Waals surface area contributed by atoms with Gasteiger partial charge in [-0.1, -0.05) is 12.1 Å². The Balaban J connectivity index is 1.68. The molecule has 0 bridgehead atoms. The molecule has 2 saturated heterocycles. The Labute approximate surface area is 131 Å². The lowest BCUT2D eigenvalue weighted by Crippen LogP contribution is -2.38. The van der Waals surface area contributed by atoms with Crippen LogP contribution in [-0.2, 0) is 0 Å². The van der Waals surface area contributed by atoms with Crippen LogP contribution in [-0.4, -0.2) is 57.3 Å². The fourth-order valence-electron chi connectivity index (χ4n) is 3.48. The van der Waals surface area contributed by atoms with Crippen molar-refractivity contribution in [2.24, 2.45) is 0 Å². The first-order chi connectivity index (χ1) is 10.8. The SMILES string of the molecule is C[P+](On1nnc2ccccc21)(N1CCCC1)N1CCCC1. The van der Waals surface area contributed by atoms with Gasteiger partial charge in [0.05, 0.1) is 0 Å². The van der Waals surface area contributed by atoms with Gasteiger partial charge in [0.1, 0.15) is 17.7 Å². The predicted molar refractivity (Wildman–Crippen MR) is 88.6 cm³/mol. The van der Waals surface area contributed by atoms with Gasteiger partial charge in [0.25, 0.3) is 0 Å². The van der Waals surface area contributed by atoms with Crippen LogP contribution in [0.15, 0.2) is 24.3 Å². The first-order valence-electron chi connectivity index (χ1n) is 8.15. The van der Waals surface area contributed by atoms with Crippen LogP contribution in [0.3, 0.4) is 0 Å². The van der Waals surface area contributed by atoms with Crippen LogP contribution >= 0.6 is 7.79 Å². The maximum absolute atomic E-state index is 6.53.